The van der Waals surface area contributed by atoms with Gasteiger partial charge in [0.05, 0.1) is 19.8 Å². The van der Waals surface area contributed by atoms with Gasteiger partial charge in [-0.15, -0.1) is 0 Å². The summed E-state index contributed by atoms with van der Waals surface area (Å²) in [6.45, 7) is 1.85. The van der Waals surface area contributed by atoms with Gasteiger partial charge in [-0.1, -0.05) is 0 Å². The molecule has 0 aromatic carbocycles. The van der Waals surface area contributed by atoms with Gasteiger partial charge in [0.1, 0.15) is 24.1 Å². The first kappa shape index (κ1) is 16.8. The van der Waals surface area contributed by atoms with Crippen LogP contribution in [0.5, 0.6) is 0 Å². The molecule has 4 atom stereocenters. The lowest BCUT2D eigenvalue weighted by Crippen LogP contribution is -2.39. The van der Waals surface area contributed by atoms with Crippen molar-refractivity contribution in [3.8, 4) is 0 Å². The van der Waals surface area contributed by atoms with Crippen LogP contribution in [-0.4, -0.2) is 65.0 Å². The monoisotopic (exact) mass is 315 g/mol. The van der Waals surface area contributed by atoms with E-state index in [0.29, 0.717) is 12.2 Å². The second kappa shape index (κ2) is 7.16. The fourth-order valence-corrected chi connectivity index (χ4v) is 2.30. The third-order valence-electron chi connectivity index (χ3n) is 3.54. The molecule has 0 spiro atoms. The molecule has 0 aliphatic carbocycles. The first-order valence-corrected chi connectivity index (χ1v) is 6.89. The minimum absolute atomic E-state index is 0.135. The number of hydrogen-bond acceptors (Lipinski definition) is 8. The molecule has 2 heterocycles. The number of aliphatic hydroxyl groups is 2. The smallest absolute Gasteiger partial charge is 0.351 e. The van der Waals surface area contributed by atoms with Gasteiger partial charge in [0.25, 0.3) is 0 Å². The Balaban J connectivity index is 2.29. The molecule has 22 heavy (non-hydrogen) atoms. The number of nitrogen functional groups attached to an aromatic ring is 1. The summed E-state index contributed by atoms with van der Waals surface area (Å²) < 4.78 is 17.2. The maximum absolute atomic E-state index is 12.0. The van der Waals surface area contributed by atoms with Gasteiger partial charge in [-0.2, -0.15) is 4.98 Å². The molecule has 124 valence electrons. The summed E-state index contributed by atoms with van der Waals surface area (Å²) in [4.78, 5) is 15.7. The van der Waals surface area contributed by atoms with E-state index in [2.05, 4.69) is 4.98 Å². The van der Waals surface area contributed by atoms with Crippen LogP contribution in [-0.2, 0) is 14.2 Å². The number of nitrogens with two attached hydrogens (primary N) is 1. The Kier molecular flexibility index (Phi) is 5.48. The van der Waals surface area contributed by atoms with E-state index in [0.717, 1.165) is 0 Å². The highest BCUT2D eigenvalue weighted by Gasteiger charge is 2.45. The number of hydrogen-bond donors (Lipinski definition) is 3. The van der Waals surface area contributed by atoms with Gasteiger partial charge in [0.2, 0.25) is 0 Å². The number of aliphatic hydroxyl groups excluding tert-OH is 2. The normalized spacial score (nSPS) is 28.2. The zero-order valence-corrected chi connectivity index (χ0v) is 12.5. The van der Waals surface area contributed by atoms with Crippen molar-refractivity contribution in [2.24, 2.45) is 0 Å². The zero-order valence-electron chi connectivity index (χ0n) is 12.5. The van der Waals surface area contributed by atoms with Gasteiger partial charge in [0.15, 0.2) is 6.23 Å². The van der Waals surface area contributed by atoms with E-state index in [9.17, 15) is 15.0 Å². The molecule has 1 saturated heterocycles. The molecule has 1 fully saturated rings. The lowest BCUT2D eigenvalue weighted by Gasteiger charge is -2.22. The van der Waals surface area contributed by atoms with Crippen LogP contribution < -0.4 is 11.4 Å². The molecule has 2 rings (SSSR count). The van der Waals surface area contributed by atoms with E-state index in [1.54, 1.807) is 6.92 Å². The van der Waals surface area contributed by atoms with E-state index in [-0.39, 0.29) is 12.4 Å². The summed E-state index contributed by atoms with van der Waals surface area (Å²) in [7, 11) is 1.52. The maximum atomic E-state index is 12.0. The quantitative estimate of drug-likeness (QED) is 0.536. The highest BCUT2D eigenvalue weighted by Crippen LogP contribution is 2.31. The Morgan fingerprint density at radius 3 is 2.86 bits per heavy atom. The molecule has 1 aromatic rings. The van der Waals surface area contributed by atoms with Gasteiger partial charge < -0.3 is 30.2 Å². The van der Waals surface area contributed by atoms with Gasteiger partial charge in [0, 0.05) is 18.9 Å². The third-order valence-corrected chi connectivity index (χ3v) is 3.54. The molecule has 9 heteroatoms. The van der Waals surface area contributed by atoms with Crippen molar-refractivity contribution in [1.82, 2.24) is 9.55 Å². The van der Waals surface area contributed by atoms with Crippen LogP contribution in [0.1, 0.15) is 11.8 Å². The third kappa shape index (κ3) is 3.28. The summed E-state index contributed by atoms with van der Waals surface area (Å²) in [5.41, 5.74) is 5.59. The second-order valence-electron chi connectivity index (χ2n) is 5.07. The number of nitrogens with zero attached hydrogens (tertiary/aromatic N) is 2. The number of aryl methyl sites for hydroxylation is 1. The van der Waals surface area contributed by atoms with Gasteiger partial charge in [-0.3, -0.25) is 4.57 Å². The predicted molar refractivity (Wildman–Crippen MR) is 76.3 cm³/mol. The molecular formula is C13H21N3O6. The van der Waals surface area contributed by atoms with Crippen LogP contribution in [0.3, 0.4) is 0 Å². The molecule has 0 bridgehead atoms. The topological polar surface area (TPSA) is 129 Å². The predicted octanol–water partition coefficient (Wildman–Crippen LogP) is -1.58. The second-order valence-corrected chi connectivity index (χ2v) is 5.07. The molecule has 0 radical (unpaired) electrons. The van der Waals surface area contributed by atoms with Gasteiger partial charge in [-0.25, -0.2) is 4.79 Å². The summed E-state index contributed by atoms with van der Waals surface area (Å²) in [5.74, 6) is 0.135. The van der Waals surface area contributed by atoms with Crippen molar-refractivity contribution >= 4 is 5.82 Å². The summed E-state index contributed by atoms with van der Waals surface area (Å²) in [6.07, 6.45) is -2.15. The van der Waals surface area contributed by atoms with E-state index < -0.39 is 36.8 Å². The van der Waals surface area contributed by atoms with E-state index >= 15 is 0 Å². The van der Waals surface area contributed by atoms with Crippen molar-refractivity contribution in [2.75, 3.05) is 32.7 Å². The number of methoxy groups -OCH3 is 1. The first-order valence-electron chi connectivity index (χ1n) is 6.89. The van der Waals surface area contributed by atoms with Crippen molar-refractivity contribution in [2.45, 2.75) is 31.5 Å². The SMILES string of the molecule is COCCO[C@H]1[C@@H](O)[C@H](CO)O[C@H]1n1cc(C)c(N)nc1=O. The Bertz CT molecular complexity index is 563. The Labute approximate surface area is 127 Å². The number of aromatic nitrogens is 2. The number of rotatable bonds is 6. The average Bonchev–Trinajstić information content (AvgIpc) is 2.80. The van der Waals surface area contributed by atoms with Crippen LogP contribution in [0.25, 0.3) is 0 Å². The van der Waals surface area contributed by atoms with Crippen molar-refractivity contribution in [3.63, 3.8) is 0 Å². The van der Waals surface area contributed by atoms with Crippen molar-refractivity contribution < 1.29 is 24.4 Å². The lowest BCUT2D eigenvalue weighted by atomic mass is 10.1. The molecule has 0 saturated carbocycles. The fourth-order valence-electron chi connectivity index (χ4n) is 2.30. The minimum atomic E-state index is -1.07. The largest absolute Gasteiger partial charge is 0.394 e. The number of anilines is 1. The standard InChI is InChI=1S/C13H21N3O6/c1-7-5-16(13(19)15-11(7)14)12-10(21-4-3-20-2)9(18)8(6-17)22-12/h5,8-10,12,17-18H,3-4,6H2,1-2H3,(H2,14,15,19)/t8-,9-,10-,12+/m0/s1. The van der Waals surface area contributed by atoms with E-state index in [1.165, 1.54) is 17.9 Å². The maximum Gasteiger partial charge on any atom is 0.351 e. The molecule has 9 nitrogen and oxygen atoms in total. The summed E-state index contributed by atoms with van der Waals surface area (Å²) in [6, 6.07) is 0. The van der Waals surface area contributed by atoms with Crippen molar-refractivity contribution in [1.29, 1.82) is 0 Å². The molecule has 1 aromatic heterocycles. The first-order chi connectivity index (χ1) is 10.5. The molecule has 1 aliphatic rings. The van der Waals surface area contributed by atoms with E-state index in [1.807, 2.05) is 0 Å². The van der Waals surface area contributed by atoms with E-state index in [4.69, 9.17) is 19.9 Å². The Morgan fingerprint density at radius 1 is 1.50 bits per heavy atom. The van der Waals surface area contributed by atoms with Crippen molar-refractivity contribution in [3.05, 3.63) is 22.2 Å². The van der Waals surface area contributed by atoms with Crippen LogP contribution in [0.4, 0.5) is 5.82 Å². The zero-order chi connectivity index (χ0) is 16.3. The molecular weight excluding hydrogens is 294 g/mol. The van der Waals surface area contributed by atoms with Gasteiger partial charge >= 0.3 is 5.69 Å². The van der Waals surface area contributed by atoms with Crippen LogP contribution >= 0.6 is 0 Å². The fraction of sp³-hybridized carbons (Fsp3) is 0.692. The lowest BCUT2D eigenvalue weighted by molar-refractivity contribution is -0.0819. The molecule has 1 aliphatic heterocycles. The number of ether oxygens (including phenoxy) is 3. The molecule has 0 unspecified atom stereocenters. The highest BCUT2D eigenvalue weighted by molar-refractivity contribution is 5.35. The van der Waals surface area contributed by atoms with Gasteiger partial charge in [-0.05, 0) is 6.92 Å². The van der Waals surface area contributed by atoms with Crippen LogP contribution in [0.2, 0.25) is 0 Å². The summed E-state index contributed by atoms with van der Waals surface area (Å²) in [5, 5.41) is 19.5. The highest BCUT2D eigenvalue weighted by atomic mass is 16.6. The van der Waals surface area contributed by atoms with Crippen LogP contribution in [0, 0.1) is 6.92 Å². The molecule has 4 N–H and O–H groups in total. The summed E-state index contributed by atoms with van der Waals surface area (Å²) >= 11 is 0. The Morgan fingerprint density at radius 2 is 2.23 bits per heavy atom. The molecule has 0 amide bonds. The average molecular weight is 315 g/mol. The minimum Gasteiger partial charge on any atom is -0.394 e. The Hall–Kier alpha value is -1.52. The van der Waals surface area contributed by atoms with Crippen LogP contribution in [0.15, 0.2) is 11.0 Å².